The number of benzene rings is 3. The monoisotopic (exact) mass is 910 g/mol. The van der Waals surface area contributed by atoms with E-state index in [2.05, 4.69) is 0 Å². The summed E-state index contributed by atoms with van der Waals surface area (Å²) in [6, 6.07) is 4.24. The highest BCUT2D eigenvalue weighted by Gasteiger charge is 2.54. The molecule has 1 aliphatic heterocycles. The van der Waals surface area contributed by atoms with E-state index in [0.29, 0.717) is 0 Å². The van der Waals surface area contributed by atoms with Gasteiger partial charge in [-0.3, -0.25) is 28.8 Å². The van der Waals surface area contributed by atoms with Gasteiger partial charge in [-0.05, 0) is 24.3 Å². The molecule has 5 atom stereocenters. The summed E-state index contributed by atoms with van der Waals surface area (Å²) in [6.45, 7) is 5.25. The van der Waals surface area contributed by atoms with Crippen LogP contribution in [0.1, 0.15) is 51.9 Å². The molecule has 1 saturated heterocycles. The van der Waals surface area contributed by atoms with Crippen molar-refractivity contribution in [3.8, 4) is 40.2 Å². The average molecular weight is 911 g/mol. The summed E-state index contributed by atoms with van der Waals surface area (Å²) in [7, 11) is 3.77. The van der Waals surface area contributed by atoms with Crippen molar-refractivity contribution in [2.24, 2.45) is 0 Å². The van der Waals surface area contributed by atoms with Crippen LogP contribution in [0.5, 0.6) is 40.2 Å². The fraction of sp³-hybridized carbons (Fsp3) is 0.357. The molecule has 1 aliphatic rings. The van der Waals surface area contributed by atoms with E-state index in [1.807, 2.05) is 0 Å². The first-order chi connectivity index (χ1) is 30.8. The molecule has 65 heavy (non-hydrogen) atoms. The first-order valence-electron chi connectivity index (χ1n) is 19.0. The molecule has 0 saturated carbocycles. The van der Waals surface area contributed by atoms with Crippen molar-refractivity contribution < 1.29 is 99.2 Å². The molecule has 0 amide bonds. The lowest BCUT2D eigenvalue weighted by atomic mass is 9.97. The predicted octanol–water partition coefficient (Wildman–Crippen LogP) is 3.05. The van der Waals surface area contributed by atoms with Gasteiger partial charge in [-0.15, -0.1) is 0 Å². The molecule has 344 valence electrons. The topological polar surface area (TPSA) is 291 Å². The zero-order chi connectivity index (χ0) is 47.6. The first-order valence-corrected chi connectivity index (χ1v) is 19.0. The molecule has 0 spiro atoms. The molecule has 0 bridgehead atoms. The molecule has 1 fully saturated rings. The second-order valence-electron chi connectivity index (χ2n) is 13.9. The Morgan fingerprint density at radius 3 is 1.48 bits per heavy atom. The van der Waals surface area contributed by atoms with Crippen LogP contribution in [0.4, 0.5) is 0 Å². The highest BCUT2D eigenvalue weighted by Crippen LogP contribution is 2.47. The molecular formula is C42H38O23. The molecule has 3 heterocycles. The minimum Gasteiger partial charge on any atom is -0.493 e. The Kier molecular flexibility index (Phi) is 13.5. The highest BCUT2D eigenvalue weighted by molar-refractivity contribution is 6.22. The lowest BCUT2D eigenvalue weighted by molar-refractivity contribution is -0.285. The Labute approximate surface area is 364 Å². The standard InChI is InChI=1S/C42H38O23/c1-15(43)55-14-28-34(59-19(5)47)37(65-39(49)21-10-25(56-16(2)44)31(58-18(4)46)26(11-21)57-17(3)45)38(60-20(6)48)42(62-28)61-27-13-23-30-29-22(40(50)64-36(30)33(27)54-9)12-24(52-7)32(53-8)35(29)63-41(23)51/h10-13,28,34,37-38,42H,14H2,1-9H3/t28-,34-,37+,38-,42-/m1/s1. The summed E-state index contributed by atoms with van der Waals surface area (Å²) in [6.07, 6.45) is -9.23. The average Bonchev–Trinajstić information content (AvgIpc) is 3.21. The van der Waals surface area contributed by atoms with Crippen LogP contribution in [0.2, 0.25) is 0 Å². The van der Waals surface area contributed by atoms with Gasteiger partial charge in [-0.25, -0.2) is 14.4 Å². The Hall–Kier alpha value is -7.95. The second-order valence-corrected chi connectivity index (χ2v) is 13.9. The zero-order valence-electron chi connectivity index (χ0n) is 35.8. The molecular weight excluding hydrogens is 872 g/mol. The summed E-state index contributed by atoms with van der Waals surface area (Å²) in [5.74, 6) is -9.51. The molecule has 5 aromatic rings. The predicted molar refractivity (Wildman–Crippen MR) is 213 cm³/mol. The molecule has 23 heteroatoms. The minimum atomic E-state index is -1.96. The third-order valence-electron chi connectivity index (χ3n) is 9.25. The highest BCUT2D eigenvalue weighted by atomic mass is 16.7. The van der Waals surface area contributed by atoms with Gasteiger partial charge in [0, 0.05) is 52.3 Å². The van der Waals surface area contributed by atoms with Gasteiger partial charge in [0.25, 0.3) is 0 Å². The first kappa shape index (κ1) is 46.6. The van der Waals surface area contributed by atoms with Crippen LogP contribution in [-0.2, 0) is 52.5 Å². The molecule has 2 aromatic heterocycles. The van der Waals surface area contributed by atoms with E-state index in [-0.39, 0.29) is 50.0 Å². The lowest BCUT2D eigenvalue weighted by Gasteiger charge is -2.44. The van der Waals surface area contributed by atoms with Crippen molar-refractivity contribution >= 4 is 74.5 Å². The van der Waals surface area contributed by atoms with Crippen LogP contribution in [0, 0.1) is 0 Å². The summed E-state index contributed by atoms with van der Waals surface area (Å²) >= 11 is 0. The van der Waals surface area contributed by atoms with E-state index < -0.39 is 119 Å². The van der Waals surface area contributed by atoms with E-state index in [0.717, 1.165) is 59.7 Å². The maximum atomic E-state index is 14.2. The summed E-state index contributed by atoms with van der Waals surface area (Å²) in [5, 5.41) is -0.166. The van der Waals surface area contributed by atoms with Crippen LogP contribution >= 0.6 is 0 Å². The van der Waals surface area contributed by atoms with Gasteiger partial charge in [0.2, 0.25) is 29.6 Å². The largest absolute Gasteiger partial charge is 0.493 e. The fourth-order valence-corrected chi connectivity index (χ4v) is 6.98. The smallest absolute Gasteiger partial charge is 0.344 e. The maximum Gasteiger partial charge on any atom is 0.344 e. The Morgan fingerprint density at radius 2 is 1.02 bits per heavy atom. The molecule has 3 aromatic carbocycles. The van der Waals surface area contributed by atoms with Crippen LogP contribution in [0.15, 0.2) is 42.7 Å². The number of ether oxygens (including phenoxy) is 12. The SMILES string of the molecule is COc1cc2c(=O)oc3c(OC)c(O[C@@H]4O[C@H](COC(C)=O)[C@@H](OC(C)=O)[C@H](OC(=O)c5cc(OC(C)=O)c(OC(C)=O)c(OC(C)=O)c5)[C@H]4OC(C)=O)cc4c(=O)oc(c1OC)c2c34. The van der Waals surface area contributed by atoms with Crippen molar-refractivity contribution in [2.75, 3.05) is 27.9 Å². The number of hydrogen-bond acceptors (Lipinski definition) is 23. The summed E-state index contributed by atoms with van der Waals surface area (Å²) in [4.78, 5) is 115. The van der Waals surface area contributed by atoms with Gasteiger partial charge in [-0.1, -0.05) is 0 Å². The summed E-state index contributed by atoms with van der Waals surface area (Å²) < 4.78 is 77.9. The number of carbonyl (C=O) groups excluding carboxylic acids is 7. The summed E-state index contributed by atoms with van der Waals surface area (Å²) in [5.41, 5.74) is -2.96. The lowest BCUT2D eigenvalue weighted by Crippen LogP contribution is -2.63. The van der Waals surface area contributed by atoms with Gasteiger partial charge in [0.1, 0.15) is 12.7 Å². The van der Waals surface area contributed by atoms with Crippen LogP contribution in [0.25, 0.3) is 32.7 Å². The van der Waals surface area contributed by atoms with Crippen molar-refractivity contribution in [1.29, 1.82) is 0 Å². The van der Waals surface area contributed by atoms with E-state index in [1.165, 1.54) is 27.4 Å². The van der Waals surface area contributed by atoms with Gasteiger partial charge >= 0.3 is 53.0 Å². The second kappa shape index (κ2) is 18.8. The van der Waals surface area contributed by atoms with Gasteiger partial charge < -0.3 is 65.7 Å². The van der Waals surface area contributed by atoms with Crippen molar-refractivity contribution in [3.63, 3.8) is 0 Å². The minimum absolute atomic E-state index is 0.0164. The van der Waals surface area contributed by atoms with Crippen molar-refractivity contribution in [2.45, 2.75) is 72.2 Å². The number of carbonyl (C=O) groups is 7. The molecule has 0 N–H and O–H groups in total. The van der Waals surface area contributed by atoms with Crippen molar-refractivity contribution in [3.05, 3.63) is 50.7 Å². The van der Waals surface area contributed by atoms with Gasteiger partial charge in [0.15, 0.2) is 46.4 Å². The molecule has 0 radical (unpaired) electrons. The van der Waals surface area contributed by atoms with Gasteiger partial charge in [-0.2, -0.15) is 0 Å². The Bertz CT molecular complexity index is 2830. The Morgan fingerprint density at radius 1 is 0.523 bits per heavy atom. The third-order valence-corrected chi connectivity index (χ3v) is 9.25. The third kappa shape index (κ3) is 9.53. The quantitative estimate of drug-likeness (QED) is 0.0508. The van der Waals surface area contributed by atoms with Crippen LogP contribution in [0.3, 0.4) is 0 Å². The Balaban J connectivity index is 1.54. The number of methoxy groups -OCH3 is 3. The van der Waals surface area contributed by atoms with E-state index in [9.17, 15) is 43.2 Å². The van der Waals surface area contributed by atoms with Gasteiger partial charge in [0.05, 0.1) is 37.7 Å². The maximum absolute atomic E-state index is 14.2. The molecule has 0 aliphatic carbocycles. The normalized spacial score (nSPS) is 18.0. The molecule has 0 unspecified atom stereocenters. The number of esters is 7. The van der Waals surface area contributed by atoms with Crippen LogP contribution < -0.4 is 44.4 Å². The fourth-order valence-electron chi connectivity index (χ4n) is 6.98. The van der Waals surface area contributed by atoms with E-state index in [1.54, 1.807) is 0 Å². The number of rotatable bonds is 14. The van der Waals surface area contributed by atoms with Crippen LogP contribution in [-0.4, -0.2) is 100 Å². The zero-order valence-corrected chi connectivity index (χ0v) is 35.8. The van der Waals surface area contributed by atoms with Crippen molar-refractivity contribution in [1.82, 2.24) is 0 Å². The molecule has 6 rings (SSSR count). The van der Waals surface area contributed by atoms with E-state index in [4.69, 9.17) is 65.7 Å². The van der Waals surface area contributed by atoms with E-state index >= 15 is 0 Å². The number of hydrogen-bond donors (Lipinski definition) is 0. The molecule has 23 nitrogen and oxygen atoms in total.